The summed E-state index contributed by atoms with van der Waals surface area (Å²) < 4.78 is 1.72. The average Bonchev–Trinajstić information content (AvgIpc) is 3.06. The van der Waals surface area contributed by atoms with Crippen LogP contribution in [0.2, 0.25) is 5.15 Å². The molecular formula is C25H26ClN5O2. The molecule has 3 N–H and O–H groups in total. The van der Waals surface area contributed by atoms with E-state index >= 15 is 0 Å². The highest BCUT2D eigenvalue weighted by molar-refractivity contribution is 6.31. The van der Waals surface area contributed by atoms with Crippen LogP contribution in [-0.2, 0) is 11.3 Å². The number of halogens is 1. The van der Waals surface area contributed by atoms with E-state index in [-0.39, 0.29) is 11.9 Å². The molecule has 0 fully saturated rings. The first-order valence-electron chi connectivity index (χ1n) is 10.4. The predicted octanol–water partition coefficient (Wildman–Crippen LogP) is 5.16. The van der Waals surface area contributed by atoms with Crippen LogP contribution >= 0.6 is 11.6 Å². The van der Waals surface area contributed by atoms with E-state index < -0.39 is 0 Å². The van der Waals surface area contributed by atoms with E-state index in [2.05, 4.69) is 27.6 Å². The second kappa shape index (κ2) is 11.2. The average molecular weight is 464 g/mol. The summed E-state index contributed by atoms with van der Waals surface area (Å²) in [6.45, 7) is 8.36. The molecule has 1 aromatic heterocycles. The predicted molar refractivity (Wildman–Crippen MR) is 134 cm³/mol. The van der Waals surface area contributed by atoms with Gasteiger partial charge >= 0.3 is 6.03 Å². The van der Waals surface area contributed by atoms with Gasteiger partial charge in [-0.3, -0.25) is 4.79 Å². The minimum Gasteiger partial charge on any atom is -0.334 e. The SMILES string of the molecule is C=CCNC(=O)Nc1ccc(NC(=O)/C=C/c2c(C)nn(Cc3ccc(C)cc3)c2Cl)cc1. The Labute approximate surface area is 198 Å². The highest BCUT2D eigenvalue weighted by Gasteiger charge is 2.12. The Hall–Kier alpha value is -3.84. The summed E-state index contributed by atoms with van der Waals surface area (Å²) in [5, 5.41) is 13.1. The van der Waals surface area contributed by atoms with Crippen molar-refractivity contribution in [3.05, 3.63) is 94.8 Å². The highest BCUT2D eigenvalue weighted by Crippen LogP contribution is 2.22. The number of anilines is 2. The lowest BCUT2D eigenvalue weighted by atomic mass is 10.1. The molecule has 0 saturated heterocycles. The van der Waals surface area contributed by atoms with Gasteiger partial charge in [0, 0.05) is 29.6 Å². The van der Waals surface area contributed by atoms with E-state index in [1.54, 1.807) is 41.1 Å². The number of nitrogens with zero attached hydrogens (tertiary/aromatic N) is 2. The van der Waals surface area contributed by atoms with Crippen LogP contribution in [0, 0.1) is 13.8 Å². The van der Waals surface area contributed by atoms with Crippen molar-refractivity contribution in [3.63, 3.8) is 0 Å². The zero-order valence-electron chi connectivity index (χ0n) is 18.6. The molecule has 0 radical (unpaired) electrons. The Balaban J connectivity index is 1.60. The van der Waals surface area contributed by atoms with Gasteiger partial charge in [-0.05, 0) is 49.8 Å². The first kappa shape index (κ1) is 23.8. The van der Waals surface area contributed by atoms with Crippen LogP contribution in [0.5, 0.6) is 0 Å². The van der Waals surface area contributed by atoms with Crippen LogP contribution in [0.3, 0.4) is 0 Å². The Kier molecular flexibility index (Phi) is 8.05. The van der Waals surface area contributed by atoms with Gasteiger partial charge in [-0.1, -0.05) is 47.5 Å². The van der Waals surface area contributed by atoms with Gasteiger partial charge in [-0.25, -0.2) is 9.48 Å². The number of urea groups is 1. The summed E-state index contributed by atoms with van der Waals surface area (Å²) in [6, 6.07) is 14.6. The zero-order chi connectivity index (χ0) is 23.8. The molecule has 1 heterocycles. The van der Waals surface area contributed by atoms with E-state index in [9.17, 15) is 9.59 Å². The largest absolute Gasteiger partial charge is 0.334 e. The molecule has 7 nitrogen and oxygen atoms in total. The van der Waals surface area contributed by atoms with Gasteiger partial charge in [0.25, 0.3) is 0 Å². The molecule has 0 saturated carbocycles. The van der Waals surface area contributed by atoms with Gasteiger partial charge in [-0.2, -0.15) is 5.10 Å². The third kappa shape index (κ3) is 6.82. The van der Waals surface area contributed by atoms with E-state index in [0.29, 0.717) is 35.2 Å². The number of carbonyl (C=O) groups excluding carboxylic acids is 2. The number of aromatic nitrogens is 2. The van der Waals surface area contributed by atoms with E-state index in [0.717, 1.165) is 11.3 Å². The third-order valence-electron chi connectivity index (χ3n) is 4.78. The van der Waals surface area contributed by atoms with Crippen LogP contribution in [-0.4, -0.2) is 28.3 Å². The second-order valence-corrected chi connectivity index (χ2v) is 7.81. The second-order valence-electron chi connectivity index (χ2n) is 7.46. The number of rotatable bonds is 8. The Morgan fingerprint density at radius 2 is 1.67 bits per heavy atom. The fourth-order valence-corrected chi connectivity index (χ4v) is 3.34. The molecule has 0 aliphatic carbocycles. The van der Waals surface area contributed by atoms with E-state index in [1.807, 2.05) is 38.1 Å². The van der Waals surface area contributed by atoms with Gasteiger partial charge in [0.2, 0.25) is 5.91 Å². The molecule has 2 aromatic carbocycles. The van der Waals surface area contributed by atoms with Crippen molar-refractivity contribution in [3.8, 4) is 0 Å². The first-order valence-corrected chi connectivity index (χ1v) is 10.8. The molecule has 3 amide bonds. The van der Waals surface area contributed by atoms with Crippen LogP contribution in [0.1, 0.15) is 22.4 Å². The fourth-order valence-electron chi connectivity index (χ4n) is 3.05. The van der Waals surface area contributed by atoms with Crippen molar-refractivity contribution < 1.29 is 9.59 Å². The lowest BCUT2D eigenvalue weighted by molar-refractivity contribution is -0.111. The van der Waals surface area contributed by atoms with Gasteiger partial charge in [0.1, 0.15) is 5.15 Å². The normalized spacial score (nSPS) is 10.8. The number of benzene rings is 2. The number of hydrogen-bond donors (Lipinski definition) is 3. The van der Waals surface area contributed by atoms with Crippen molar-refractivity contribution in [2.45, 2.75) is 20.4 Å². The number of nitrogens with one attached hydrogen (secondary N) is 3. The van der Waals surface area contributed by atoms with Crippen LogP contribution < -0.4 is 16.0 Å². The van der Waals surface area contributed by atoms with Gasteiger partial charge in [0.05, 0.1) is 12.2 Å². The van der Waals surface area contributed by atoms with Crippen molar-refractivity contribution >= 4 is 41.0 Å². The molecule has 0 spiro atoms. The number of hydrogen-bond acceptors (Lipinski definition) is 3. The van der Waals surface area contributed by atoms with Crippen molar-refractivity contribution in [1.82, 2.24) is 15.1 Å². The molecule has 0 atom stereocenters. The van der Waals surface area contributed by atoms with Gasteiger partial charge < -0.3 is 16.0 Å². The first-order chi connectivity index (χ1) is 15.9. The Bertz CT molecular complexity index is 1160. The maximum atomic E-state index is 12.4. The Morgan fingerprint density at radius 3 is 2.30 bits per heavy atom. The lowest BCUT2D eigenvalue weighted by Crippen LogP contribution is -2.28. The molecule has 8 heteroatoms. The summed E-state index contributed by atoms with van der Waals surface area (Å²) in [6.07, 6.45) is 4.67. The van der Waals surface area contributed by atoms with Crippen molar-refractivity contribution in [2.75, 3.05) is 17.2 Å². The topological polar surface area (TPSA) is 88.1 Å². The Morgan fingerprint density at radius 1 is 1.03 bits per heavy atom. The molecule has 170 valence electrons. The fraction of sp³-hybridized carbons (Fsp3) is 0.160. The molecule has 0 aliphatic heterocycles. The van der Waals surface area contributed by atoms with E-state index in [4.69, 9.17) is 11.6 Å². The van der Waals surface area contributed by atoms with Crippen LogP contribution in [0.25, 0.3) is 6.08 Å². The lowest BCUT2D eigenvalue weighted by Gasteiger charge is -2.07. The summed E-state index contributed by atoms with van der Waals surface area (Å²) >= 11 is 6.52. The minimum absolute atomic E-state index is 0.304. The highest BCUT2D eigenvalue weighted by atomic mass is 35.5. The summed E-state index contributed by atoms with van der Waals surface area (Å²) in [5.41, 5.74) is 4.92. The molecular weight excluding hydrogens is 438 g/mol. The van der Waals surface area contributed by atoms with E-state index in [1.165, 1.54) is 11.6 Å². The number of carbonyl (C=O) groups is 2. The van der Waals surface area contributed by atoms with Crippen LogP contribution in [0.4, 0.5) is 16.2 Å². The molecule has 3 aromatic rings. The number of aryl methyl sites for hydroxylation is 2. The molecule has 33 heavy (non-hydrogen) atoms. The van der Waals surface area contributed by atoms with Gasteiger partial charge in [0.15, 0.2) is 0 Å². The summed E-state index contributed by atoms with van der Waals surface area (Å²) in [5.74, 6) is -0.304. The molecule has 3 rings (SSSR count). The molecule has 0 bridgehead atoms. The third-order valence-corrected chi connectivity index (χ3v) is 5.18. The number of amides is 3. The standard InChI is InChI=1S/C25H26ClN5O2/c1-4-15-27-25(33)29-21-11-9-20(10-12-21)28-23(32)14-13-22-18(3)30-31(24(22)26)16-19-7-5-17(2)6-8-19/h4-14H,1,15-16H2,2-3H3,(H,28,32)(H2,27,29,33)/b14-13+. The summed E-state index contributed by atoms with van der Waals surface area (Å²) in [7, 11) is 0. The maximum Gasteiger partial charge on any atom is 0.319 e. The monoisotopic (exact) mass is 463 g/mol. The smallest absolute Gasteiger partial charge is 0.319 e. The van der Waals surface area contributed by atoms with Crippen molar-refractivity contribution in [2.24, 2.45) is 0 Å². The van der Waals surface area contributed by atoms with Gasteiger partial charge in [-0.15, -0.1) is 6.58 Å². The quantitative estimate of drug-likeness (QED) is 0.318. The molecule has 0 aliphatic rings. The molecule has 0 unspecified atom stereocenters. The van der Waals surface area contributed by atoms with Crippen LogP contribution in [0.15, 0.2) is 67.3 Å². The zero-order valence-corrected chi connectivity index (χ0v) is 19.3. The minimum atomic E-state index is -0.329. The van der Waals surface area contributed by atoms with Crippen molar-refractivity contribution in [1.29, 1.82) is 0 Å². The summed E-state index contributed by atoms with van der Waals surface area (Å²) in [4.78, 5) is 24.0. The maximum absolute atomic E-state index is 12.4.